The number of carbonyl (C=O) groups excluding carboxylic acids is 12. The quantitative estimate of drug-likeness (QED) is 0.00801. The molecule has 0 heterocycles. The van der Waals surface area contributed by atoms with Crippen molar-refractivity contribution in [2.24, 2.45) is 28.7 Å². The number of hydrogen-bond donors (Lipinski definition) is 18. The highest BCUT2D eigenvalue weighted by Crippen LogP contribution is 2.15. The summed E-state index contributed by atoms with van der Waals surface area (Å²) >= 11 is 0. The maximum atomic E-state index is 14.7. The number of amides is 11. The van der Waals surface area contributed by atoms with Crippen molar-refractivity contribution in [3.8, 4) is 11.5 Å². The van der Waals surface area contributed by atoms with Gasteiger partial charge in [0.25, 0.3) is 0 Å². The highest BCUT2D eigenvalue weighted by atomic mass is 16.3. The lowest BCUT2D eigenvalue weighted by atomic mass is 10.0. The third-order valence-corrected chi connectivity index (χ3v) is 15.0. The SMILES string of the molecule is C[C@H](NC(=O)[C@H](CC(N)=O)NC(=O)[C@H](Cc1ccccc1)NC(=O)[C@H](Cc1ccccc1)NC(=O)[C@H](CCCNC(=N)N)NC(=O)CC[C@@H](C=O)NC(=O)[C@@H](N)Cc1ccc(O)cc1)C(=O)N[C@@H](Cc1ccccc1)C(=O)N[C@@H](CN)C(=O)N[C@@H](Cc1ccc(O)cc1)C(N)=O. The molecule has 30 nitrogen and oxygen atoms in total. The zero-order chi connectivity index (χ0) is 70.3. The number of aldehydes is 1. The van der Waals surface area contributed by atoms with E-state index in [2.05, 4.69) is 53.2 Å². The van der Waals surface area contributed by atoms with E-state index in [0.29, 0.717) is 34.1 Å². The van der Waals surface area contributed by atoms with Crippen LogP contribution >= 0.6 is 0 Å². The molecule has 10 atom stereocenters. The molecule has 0 saturated carbocycles. The van der Waals surface area contributed by atoms with Gasteiger partial charge in [-0.3, -0.25) is 58.1 Å². The van der Waals surface area contributed by atoms with Crippen LogP contribution in [0.4, 0.5) is 0 Å². The summed E-state index contributed by atoms with van der Waals surface area (Å²) in [6.45, 7) is 0.860. The Hall–Kier alpha value is -11.3. The molecule has 0 aliphatic heterocycles. The van der Waals surface area contributed by atoms with E-state index in [1.54, 1.807) is 103 Å². The minimum absolute atomic E-state index is 0.0158. The number of benzene rings is 5. The Kier molecular flexibility index (Phi) is 30.4. The number of phenols is 2. The normalized spacial score (nSPS) is 14.0. The van der Waals surface area contributed by atoms with Crippen LogP contribution in [0.15, 0.2) is 140 Å². The maximum Gasteiger partial charge on any atom is 0.244 e. The number of guanidine groups is 1. The average Bonchev–Trinajstić information content (AvgIpc) is 0.941. The lowest BCUT2D eigenvalue weighted by Gasteiger charge is -2.27. The van der Waals surface area contributed by atoms with Gasteiger partial charge in [-0.15, -0.1) is 0 Å². The first-order valence-electron chi connectivity index (χ1n) is 30.8. The zero-order valence-electron chi connectivity index (χ0n) is 52.8. The average molecular weight is 1330 g/mol. The lowest BCUT2D eigenvalue weighted by molar-refractivity contribution is -0.136. The molecule has 512 valence electrons. The Bertz CT molecular complexity index is 3460. The van der Waals surface area contributed by atoms with Crippen LogP contribution in [-0.4, -0.2) is 161 Å². The second-order valence-electron chi connectivity index (χ2n) is 22.7. The molecule has 0 aliphatic carbocycles. The third-order valence-electron chi connectivity index (χ3n) is 15.0. The van der Waals surface area contributed by atoms with E-state index in [-0.39, 0.29) is 81.8 Å². The van der Waals surface area contributed by atoms with Crippen LogP contribution in [0, 0.1) is 5.41 Å². The minimum Gasteiger partial charge on any atom is -0.508 e. The standard InChI is InChI=1S/C66H84N16O14/c1-38(58(89)78-50(32-39-12-5-2-6-13-39)64(95)82-54(36-67)65(96)77-49(57(70)88)31-43-21-26-46(85)27-22-43)74-61(92)53(35-55(69)86)81-63(94)52(34-41-16-9-4-10-17-41)80-62(93)51(33-40-14-7-3-8-15-40)79-60(91)48(18-11-29-73-66(71)72)76-56(87)28-23-44(37-83)75-59(90)47(68)30-42-19-24-45(84)25-20-42/h2-10,12-17,19-22,24-27,37-38,44,47-54,84-85H,11,18,23,28-36,67-68H2,1H3,(H2,69,86)(H2,70,88)(H,74,92)(H,75,90)(H,76,87)(H,77,96)(H,78,89)(H,79,91)(H,80,93)(H,81,94)(H,82,95)(H4,71,72,73)/t38-,44-,47-,48-,49-,50-,51-,52-,53-,54-/m0/s1. The molecule has 11 amide bonds. The van der Waals surface area contributed by atoms with Gasteiger partial charge in [-0.2, -0.15) is 0 Å². The van der Waals surface area contributed by atoms with E-state index in [0.717, 1.165) is 0 Å². The number of carbonyl (C=O) groups is 12. The van der Waals surface area contributed by atoms with Crippen LogP contribution in [0.5, 0.6) is 11.5 Å². The minimum atomic E-state index is -1.79. The monoisotopic (exact) mass is 1320 g/mol. The van der Waals surface area contributed by atoms with Gasteiger partial charge in [-0.1, -0.05) is 115 Å². The molecule has 0 unspecified atom stereocenters. The van der Waals surface area contributed by atoms with Crippen LogP contribution in [0.2, 0.25) is 0 Å². The van der Waals surface area contributed by atoms with Crippen molar-refractivity contribution in [3.05, 3.63) is 167 Å². The van der Waals surface area contributed by atoms with Gasteiger partial charge in [-0.05, 0) is 84.7 Å². The Morgan fingerprint density at radius 2 is 0.833 bits per heavy atom. The number of rotatable bonds is 39. The van der Waals surface area contributed by atoms with Gasteiger partial charge in [0.2, 0.25) is 65.0 Å². The van der Waals surface area contributed by atoms with Crippen LogP contribution in [0.1, 0.15) is 66.8 Å². The number of primary amides is 2. The van der Waals surface area contributed by atoms with Gasteiger partial charge in [0.15, 0.2) is 5.96 Å². The number of aromatic hydroxyl groups is 2. The summed E-state index contributed by atoms with van der Waals surface area (Å²) in [7, 11) is 0. The molecule has 0 spiro atoms. The number of hydrogen-bond acceptors (Lipinski definition) is 17. The lowest BCUT2D eigenvalue weighted by Crippen LogP contribution is -2.61. The Balaban J connectivity index is 1.32. The first kappa shape index (κ1) is 75.4. The fourth-order valence-corrected chi connectivity index (χ4v) is 9.74. The fourth-order valence-electron chi connectivity index (χ4n) is 9.74. The second-order valence-corrected chi connectivity index (χ2v) is 22.7. The molecule has 0 aliphatic rings. The van der Waals surface area contributed by atoms with Crippen molar-refractivity contribution in [1.82, 2.24) is 53.2 Å². The summed E-state index contributed by atoms with van der Waals surface area (Å²) in [6, 6.07) is 22.9. The summed E-state index contributed by atoms with van der Waals surface area (Å²) in [6.07, 6.45) is -1.47. The zero-order valence-corrected chi connectivity index (χ0v) is 52.8. The molecule has 0 fully saturated rings. The summed E-state index contributed by atoms with van der Waals surface area (Å²) in [5.74, 6) is -10.4. The van der Waals surface area contributed by atoms with Gasteiger partial charge in [0.05, 0.1) is 18.5 Å². The summed E-state index contributed by atoms with van der Waals surface area (Å²) < 4.78 is 0. The smallest absolute Gasteiger partial charge is 0.244 e. The summed E-state index contributed by atoms with van der Waals surface area (Å²) in [5, 5.41) is 52.4. The van der Waals surface area contributed by atoms with Crippen molar-refractivity contribution < 1.29 is 67.7 Å². The molecule has 0 bridgehead atoms. The van der Waals surface area contributed by atoms with E-state index < -0.39 is 138 Å². The second kappa shape index (κ2) is 38.7. The number of phenolic OH excluding ortho intramolecular Hbond substituents is 2. The van der Waals surface area contributed by atoms with Crippen molar-refractivity contribution >= 4 is 77.2 Å². The van der Waals surface area contributed by atoms with Gasteiger partial charge in [0, 0.05) is 45.2 Å². The fraction of sp³-hybridized carbons (Fsp3) is 0.348. The van der Waals surface area contributed by atoms with E-state index >= 15 is 0 Å². The number of nitrogens with one attached hydrogen (secondary N) is 11. The Morgan fingerprint density at radius 3 is 1.27 bits per heavy atom. The van der Waals surface area contributed by atoms with Crippen LogP contribution in [0.3, 0.4) is 0 Å². The van der Waals surface area contributed by atoms with Crippen LogP contribution < -0.4 is 81.8 Å². The Labute approximate surface area is 553 Å². The molecule has 5 aromatic rings. The molecule has 96 heavy (non-hydrogen) atoms. The maximum absolute atomic E-state index is 14.7. The summed E-state index contributed by atoms with van der Waals surface area (Å²) in [4.78, 5) is 163. The Morgan fingerprint density at radius 1 is 0.448 bits per heavy atom. The molecule has 0 radical (unpaired) electrons. The van der Waals surface area contributed by atoms with Gasteiger partial charge < -0.3 is 96.8 Å². The topological polar surface area (TPSA) is 520 Å². The van der Waals surface area contributed by atoms with E-state index in [1.807, 2.05) is 0 Å². The van der Waals surface area contributed by atoms with Gasteiger partial charge >= 0.3 is 0 Å². The largest absolute Gasteiger partial charge is 0.508 e. The predicted molar refractivity (Wildman–Crippen MR) is 352 cm³/mol. The highest BCUT2D eigenvalue weighted by Gasteiger charge is 2.35. The molecular weight excluding hydrogens is 1240 g/mol. The molecule has 5 aromatic carbocycles. The van der Waals surface area contributed by atoms with Gasteiger partial charge in [-0.25, -0.2) is 0 Å². The van der Waals surface area contributed by atoms with E-state index in [9.17, 15) is 67.7 Å². The van der Waals surface area contributed by atoms with Crippen LogP contribution in [0.25, 0.3) is 0 Å². The predicted octanol–water partition coefficient (Wildman–Crippen LogP) is -3.12. The van der Waals surface area contributed by atoms with E-state index in [4.69, 9.17) is 34.1 Å². The first-order chi connectivity index (χ1) is 45.8. The van der Waals surface area contributed by atoms with E-state index in [1.165, 1.54) is 43.3 Å². The molecule has 23 N–H and O–H groups in total. The third kappa shape index (κ3) is 26.4. The van der Waals surface area contributed by atoms with Gasteiger partial charge in [0.1, 0.15) is 66.1 Å². The molecule has 30 heteroatoms. The summed E-state index contributed by atoms with van der Waals surface area (Å²) in [5.41, 5.74) is 31.5. The molecule has 0 aromatic heterocycles. The molecular formula is C66H84N16O14. The molecule has 5 rings (SSSR count). The molecule has 0 saturated heterocycles. The van der Waals surface area contributed by atoms with Crippen molar-refractivity contribution in [3.63, 3.8) is 0 Å². The number of nitrogens with two attached hydrogens (primary N) is 5. The van der Waals surface area contributed by atoms with Crippen molar-refractivity contribution in [1.29, 1.82) is 5.41 Å². The van der Waals surface area contributed by atoms with Crippen molar-refractivity contribution in [2.45, 2.75) is 132 Å². The highest BCUT2D eigenvalue weighted by molar-refractivity contribution is 5.99. The first-order valence-corrected chi connectivity index (χ1v) is 30.8. The van der Waals surface area contributed by atoms with Crippen molar-refractivity contribution in [2.75, 3.05) is 13.1 Å². The van der Waals surface area contributed by atoms with Crippen LogP contribution in [-0.2, 0) is 89.6 Å².